The van der Waals surface area contributed by atoms with Crippen LogP contribution in [0.15, 0.2) is 40.9 Å². The molecule has 0 spiro atoms. The number of carbonyl (C=O) groups is 1. The van der Waals surface area contributed by atoms with Gasteiger partial charge in [-0.05, 0) is 46.6 Å². The molecule has 0 atom stereocenters. The van der Waals surface area contributed by atoms with E-state index in [1.54, 1.807) is 12.1 Å². The molecule has 27 heavy (non-hydrogen) atoms. The Morgan fingerprint density at radius 3 is 2.56 bits per heavy atom. The Morgan fingerprint density at radius 1 is 1.15 bits per heavy atom. The van der Waals surface area contributed by atoms with Crippen LogP contribution in [-0.4, -0.2) is 48.4 Å². The molecule has 1 heterocycles. The molecule has 1 aliphatic rings. The molecular formula is C20H22BrClFN3O. The van der Waals surface area contributed by atoms with Crippen LogP contribution >= 0.6 is 27.5 Å². The van der Waals surface area contributed by atoms with Crippen LogP contribution in [0.25, 0.3) is 0 Å². The van der Waals surface area contributed by atoms with Crippen molar-refractivity contribution in [2.75, 3.05) is 38.0 Å². The first-order valence-corrected chi connectivity index (χ1v) is 10.0. The maximum Gasteiger partial charge on any atom is 0.238 e. The number of hydrogen-bond donors (Lipinski definition) is 1. The lowest BCUT2D eigenvalue weighted by molar-refractivity contribution is -0.117. The minimum Gasteiger partial charge on any atom is -0.325 e. The van der Waals surface area contributed by atoms with Crippen LogP contribution < -0.4 is 5.32 Å². The third kappa shape index (κ3) is 5.29. The maximum absolute atomic E-state index is 14.1. The predicted octanol–water partition coefficient (Wildman–Crippen LogP) is 4.31. The fourth-order valence-corrected chi connectivity index (χ4v) is 3.73. The van der Waals surface area contributed by atoms with Crippen molar-refractivity contribution in [1.82, 2.24) is 9.80 Å². The van der Waals surface area contributed by atoms with Gasteiger partial charge in [0, 0.05) is 49.0 Å². The minimum atomic E-state index is -0.198. The van der Waals surface area contributed by atoms with Crippen molar-refractivity contribution < 1.29 is 9.18 Å². The summed E-state index contributed by atoms with van der Waals surface area (Å²) in [5, 5.41) is 3.57. The molecule has 0 bridgehead atoms. The number of anilines is 1. The molecule has 4 nitrogen and oxygen atoms in total. The monoisotopic (exact) mass is 453 g/mol. The molecule has 1 aliphatic heterocycles. The maximum atomic E-state index is 14.1. The van der Waals surface area contributed by atoms with Gasteiger partial charge in [-0.15, -0.1) is 0 Å². The number of halogens is 3. The minimum absolute atomic E-state index is 0.0492. The van der Waals surface area contributed by atoms with Gasteiger partial charge in [0.1, 0.15) is 5.82 Å². The Balaban J connectivity index is 1.48. The van der Waals surface area contributed by atoms with Crippen molar-refractivity contribution in [2.45, 2.75) is 13.5 Å². The van der Waals surface area contributed by atoms with Gasteiger partial charge < -0.3 is 5.32 Å². The van der Waals surface area contributed by atoms with Crippen LogP contribution in [0.3, 0.4) is 0 Å². The summed E-state index contributed by atoms with van der Waals surface area (Å²) in [5.41, 5.74) is 2.30. The predicted molar refractivity (Wildman–Crippen MR) is 111 cm³/mol. The lowest BCUT2D eigenvalue weighted by Crippen LogP contribution is -2.48. The number of benzene rings is 2. The van der Waals surface area contributed by atoms with Crippen molar-refractivity contribution in [1.29, 1.82) is 0 Å². The quantitative estimate of drug-likeness (QED) is 0.731. The van der Waals surface area contributed by atoms with E-state index in [2.05, 4.69) is 31.0 Å². The van der Waals surface area contributed by atoms with Gasteiger partial charge in [-0.1, -0.05) is 29.8 Å². The summed E-state index contributed by atoms with van der Waals surface area (Å²) in [6.07, 6.45) is 0. The zero-order valence-corrected chi connectivity index (χ0v) is 17.5. The first-order valence-electron chi connectivity index (χ1n) is 8.86. The molecule has 3 rings (SSSR count). The molecule has 0 saturated carbocycles. The third-order valence-corrected chi connectivity index (χ3v) is 5.82. The second-order valence-electron chi connectivity index (χ2n) is 6.73. The Bertz CT molecular complexity index is 825. The van der Waals surface area contributed by atoms with E-state index in [4.69, 9.17) is 11.6 Å². The molecule has 1 saturated heterocycles. The fourth-order valence-electron chi connectivity index (χ4n) is 3.15. The topological polar surface area (TPSA) is 35.6 Å². The van der Waals surface area contributed by atoms with E-state index in [0.29, 0.717) is 28.1 Å². The van der Waals surface area contributed by atoms with Crippen molar-refractivity contribution >= 4 is 39.1 Å². The molecule has 0 radical (unpaired) electrons. The number of piperazine rings is 1. The highest BCUT2D eigenvalue weighted by Gasteiger charge is 2.20. The molecule has 0 aromatic heterocycles. The first kappa shape index (κ1) is 20.3. The van der Waals surface area contributed by atoms with E-state index < -0.39 is 0 Å². The number of carbonyl (C=O) groups excluding carboxylic acids is 1. The number of nitrogens with one attached hydrogen (secondary N) is 1. The van der Waals surface area contributed by atoms with Crippen molar-refractivity contribution in [3.05, 3.63) is 62.8 Å². The average Bonchev–Trinajstić information content (AvgIpc) is 2.64. The van der Waals surface area contributed by atoms with Crippen LogP contribution in [0.4, 0.5) is 10.1 Å². The molecule has 1 fully saturated rings. The molecule has 2 aromatic carbocycles. The Kier molecular flexibility index (Phi) is 6.87. The lowest BCUT2D eigenvalue weighted by Gasteiger charge is -2.34. The van der Waals surface area contributed by atoms with Crippen LogP contribution in [0.1, 0.15) is 11.1 Å². The normalized spacial score (nSPS) is 15.7. The number of hydrogen-bond acceptors (Lipinski definition) is 3. The Labute approximate surface area is 172 Å². The van der Waals surface area contributed by atoms with Gasteiger partial charge in [0.2, 0.25) is 5.91 Å². The number of amides is 1. The largest absolute Gasteiger partial charge is 0.325 e. The van der Waals surface area contributed by atoms with E-state index in [0.717, 1.165) is 37.4 Å². The van der Waals surface area contributed by atoms with E-state index >= 15 is 0 Å². The number of rotatable bonds is 5. The van der Waals surface area contributed by atoms with Crippen molar-refractivity contribution in [3.63, 3.8) is 0 Å². The second kappa shape index (κ2) is 9.15. The third-order valence-electron chi connectivity index (χ3n) is 4.80. The molecule has 1 amide bonds. The highest BCUT2D eigenvalue weighted by molar-refractivity contribution is 9.10. The summed E-state index contributed by atoms with van der Waals surface area (Å²) in [6.45, 7) is 5.95. The number of nitrogens with zero attached hydrogens (tertiary/aromatic N) is 2. The molecule has 0 aliphatic carbocycles. The average molecular weight is 455 g/mol. The SMILES string of the molecule is Cc1c(Cl)cccc1NC(=O)CN1CCN(Cc2cccc(Br)c2F)CC1. The highest BCUT2D eigenvalue weighted by Crippen LogP contribution is 2.23. The smallest absolute Gasteiger partial charge is 0.238 e. The molecule has 144 valence electrons. The molecular weight excluding hydrogens is 433 g/mol. The van der Waals surface area contributed by atoms with Crippen LogP contribution in [0.5, 0.6) is 0 Å². The first-order chi connectivity index (χ1) is 12.9. The molecule has 1 N–H and O–H groups in total. The van der Waals surface area contributed by atoms with E-state index in [1.807, 2.05) is 31.2 Å². The van der Waals surface area contributed by atoms with E-state index in [9.17, 15) is 9.18 Å². The summed E-state index contributed by atoms with van der Waals surface area (Å²) in [7, 11) is 0. The fraction of sp³-hybridized carbons (Fsp3) is 0.350. The Hall–Kier alpha value is -1.47. The Morgan fingerprint density at radius 2 is 1.81 bits per heavy atom. The molecule has 0 unspecified atom stereocenters. The summed E-state index contributed by atoms with van der Waals surface area (Å²) < 4.78 is 14.6. The summed E-state index contributed by atoms with van der Waals surface area (Å²) in [6, 6.07) is 10.8. The van der Waals surface area contributed by atoms with Gasteiger partial charge in [-0.25, -0.2) is 4.39 Å². The van der Waals surface area contributed by atoms with Gasteiger partial charge in [0.15, 0.2) is 0 Å². The lowest BCUT2D eigenvalue weighted by atomic mass is 10.2. The standard InChI is InChI=1S/C20H22BrClFN3O/c1-14-17(22)6-3-7-18(14)24-19(27)13-26-10-8-25(9-11-26)12-15-4-2-5-16(21)20(15)23/h2-7H,8-13H2,1H3,(H,24,27). The van der Waals surface area contributed by atoms with Crippen LogP contribution in [0.2, 0.25) is 5.02 Å². The van der Waals surface area contributed by atoms with Gasteiger partial charge >= 0.3 is 0 Å². The van der Waals surface area contributed by atoms with Gasteiger partial charge in [-0.2, -0.15) is 0 Å². The van der Waals surface area contributed by atoms with Crippen LogP contribution in [-0.2, 0) is 11.3 Å². The van der Waals surface area contributed by atoms with Crippen molar-refractivity contribution in [2.24, 2.45) is 0 Å². The van der Waals surface area contributed by atoms with Crippen molar-refractivity contribution in [3.8, 4) is 0 Å². The van der Waals surface area contributed by atoms with E-state index in [-0.39, 0.29) is 11.7 Å². The summed E-state index contributed by atoms with van der Waals surface area (Å²) >= 11 is 9.33. The zero-order valence-electron chi connectivity index (χ0n) is 15.1. The molecule has 7 heteroatoms. The highest BCUT2D eigenvalue weighted by atomic mass is 79.9. The second-order valence-corrected chi connectivity index (χ2v) is 7.99. The van der Waals surface area contributed by atoms with Gasteiger partial charge in [0.25, 0.3) is 0 Å². The zero-order chi connectivity index (χ0) is 19.4. The molecule has 2 aromatic rings. The summed E-state index contributed by atoms with van der Waals surface area (Å²) in [5.74, 6) is -0.247. The van der Waals surface area contributed by atoms with Crippen LogP contribution in [0, 0.1) is 12.7 Å². The van der Waals surface area contributed by atoms with E-state index in [1.165, 1.54) is 0 Å². The summed E-state index contributed by atoms with van der Waals surface area (Å²) in [4.78, 5) is 16.7. The van der Waals surface area contributed by atoms with Gasteiger partial charge in [0.05, 0.1) is 11.0 Å². The van der Waals surface area contributed by atoms with Gasteiger partial charge in [-0.3, -0.25) is 14.6 Å².